The van der Waals surface area contributed by atoms with E-state index in [9.17, 15) is 0 Å². The fourth-order valence-electron chi connectivity index (χ4n) is 2.48. The lowest BCUT2D eigenvalue weighted by Gasteiger charge is -2.06. The Balaban J connectivity index is 1.97. The van der Waals surface area contributed by atoms with E-state index in [0.717, 1.165) is 38.6 Å². The molecular weight excluding hydrogens is 258 g/mol. The van der Waals surface area contributed by atoms with Gasteiger partial charge >= 0.3 is 0 Å². The Morgan fingerprint density at radius 3 is 1.57 bits per heavy atom. The molecular formula is C19H25NO. The molecule has 0 radical (unpaired) electrons. The van der Waals surface area contributed by atoms with Gasteiger partial charge in [-0.25, -0.2) is 0 Å². The molecule has 0 saturated carbocycles. The number of aliphatic hydroxyl groups excluding tert-OH is 1. The van der Waals surface area contributed by atoms with Gasteiger partial charge in [0, 0.05) is 6.61 Å². The second-order valence-corrected chi connectivity index (χ2v) is 5.47. The van der Waals surface area contributed by atoms with Crippen LogP contribution in [0.15, 0.2) is 48.5 Å². The quantitative estimate of drug-likeness (QED) is 0.728. The van der Waals surface area contributed by atoms with Gasteiger partial charge in [0.25, 0.3) is 0 Å². The first-order chi connectivity index (χ1) is 10.3. The smallest absolute Gasteiger partial charge is 0.0434 e. The molecule has 0 heterocycles. The third-order valence-electron chi connectivity index (χ3n) is 3.78. The van der Waals surface area contributed by atoms with Gasteiger partial charge in [-0.1, -0.05) is 48.5 Å². The van der Waals surface area contributed by atoms with Gasteiger partial charge < -0.3 is 10.8 Å². The van der Waals surface area contributed by atoms with E-state index in [1.54, 1.807) is 0 Å². The first-order valence-corrected chi connectivity index (χ1v) is 7.82. The Labute approximate surface area is 127 Å². The number of benzene rings is 2. The summed E-state index contributed by atoms with van der Waals surface area (Å²) in [6.07, 6.45) is 5.14. The van der Waals surface area contributed by atoms with E-state index in [0.29, 0.717) is 0 Å². The maximum atomic E-state index is 8.86. The zero-order valence-corrected chi connectivity index (χ0v) is 12.6. The maximum absolute atomic E-state index is 8.86. The minimum Gasteiger partial charge on any atom is -0.396 e. The highest BCUT2D eigenvalue weighted by molar-refractivity contribution is 5.63. The minimum atomic E-state index is 0.257. The third kappa shape index (κ3) is 5.00. The molecule has 0 saturated heterocycles. The normalized spacial score (nSPS) is 10.8. The fourth-order valence-corrected chi connectivity index (χ4v) is 2.48. The van der Waals surface area contributed by atoms with Crippen molar-refractivity contribution < 1.29 is 5.11 Å². The molecule has 2 heteroatoms. The van der Waals surface area contributed by atoms with Crippen molar-refractivity contribution in [1.82, 2.24) is 0 Å². The fraction of sp³-hybridized carbons (Fsp3) is 0.368. The first-order valence-electron chi connectivity index (χ1n) is 7.82. The number of unbranched alkanes of at least 4 members (excludes halogenated alkanes) is 1. The zero-order valence-electron chi connectivity index (χ0n) is 12.6. The van der Waals surface area contributed by atoms with E-state index in [2.05, 4.69) is 48.5 Å². The molecule has 0 spiro atoms. The molecule has 0 atom stereocenters. The van der Waals surface area contributed by atoms with Crippen LogP contribution in [-0.4, -0.2) is 18.3 Å². The van der Waals surface area contributed by atoms with Crippen LogP contribution < -0.4 is 5.73 Å². The number of nitrogens with two attached hydrogens (primary N) is 1. The number of hydrogen-bond donors (Lipinski definition) is 2. The molecule has 2 rings (SSSR count). The summed E-state index contributed by atoms with van der Waals surface area (Å²) in [6.45, 7) is 1.04. The molecule has 0 fully saturated rings. The van der Waals surface area contributed by atoms with Crippen LogP contribution in [0.3, 0.4) is 0 Å². The highest BCUT2D eigenvalue weighted by atomic mass is 16.2. The third-order valence-corrected chi connectivity index (χ3v) is 3.78. The second kappa shape index (κ2) is 8.60. The molecule has 0 unspecified atom stereocenters. The summed E-state index contributed by atoms with van der Waals surface area (Å²) >= 11 is 0. The molecule has 2 nitrogen and oxygen atoms in total. The van der Waals surface area contributed by atoms with Gasteiger partial charge in [0.2, 0.25) is 0 Å². The maximum Gasteiger partial charge on any atom is 0.0434 e. The molecule has 0 amide bonds. The number of rotatable bonds is 8. The molecule has 2 aromatic carbocycles. The average molecular weight is 283 g/mol. The number of aliphatic hydroxyl groups is 1. The van der Waals surface area contributed by atoms with Gasteiger partial charge in [0.05, 0.1) is 0 Å². The van der Waals surface area contributed by atoms with Gasteiger partial charge in [0.15, 0.2) is 0 Å². The van der Waals surface area contributed by atoms with Gasteiger partial charge in [-0.2, -0.15) is 0 Å². The number of aryl methyl sites for hydroxylation is 2. The van der Waals surface area contributed by atoms with Crippen molar-refractivity contribution in [3.8, 4) is 11.1 Å². The summed E-state index contributed by atoms with van der Waals surface area (Å²) in [5, 5.41) is 8.86. The van der Waals surface area contributed by atoms with Gasteiger partial charge in [-0.3, -0.25) is 0 Å². The van der Waals surface area contributed by atoms with Crippen LogP contribution in [0.2, 0.25) is 0 Å². The van der Waals surface area contributed by atoms with Gasteiger partial charge in [-0.15, -0.1) is 0 Å². The van der Waals surface area contributed by atoms with Crippen molar-refractivity contribution in [2.45, 2.75) is 32.1 Å². The number of hydrogen-bond acceptors (Lipinski definition) is 2. The topological polar surface area (TPSA) is 46.2 Å². The average Bonchev–Trinajstić information content (AvgIpc) is 2.54. The van der Waals surface area contributed by atoms with E-state index in [4.69, 9.17) is 10.8 Å². The largest absolute Gasteiger partial charge is 0.396 e. The summed E-state index contributed by atoms with van der Waals surface area (Å²) in [5.41, 5.74) is 10.7. The molecule has 0 bridgehead atoms. The summed E-state index contributed by atoms with van der Waals surface area (Å²) in [7, 11) is 0. The monoisotopic (exact) mass is 283 g/mol. The second-order valence-electron chi connectivity index (χ2n) is 5.47. The first kappa shape index (κ1) is 15.7. The molecule has 0 aliphatic heterocycles. The molecule has 21 heavy (non-hydrogen) atoms. The van der Waals surface area contributed by atoms with Crippen LogP contribution in [-0.2, 0) is 12.8 Å². The van der Waals surface area contributed by atoms with Crippen molar-refractivity contribution >= 4 is 0 Å². The zero-order chi connectivity index (χ0) is 14.9. The van der Waals surface area contributed by atoms with Crippen molar-refractivity contribution in [3.05, 3.63) is 59.7 Å². The predicted octanol–water partition coefficient (Wildman–Crippen LogP) is 3.56. The van der Waals surface area contributed by atoms with Crippen molar-refractivity contribution in [1.29, 1.82) is 0 Å². The Morgan fingerprint density at radius 2 is 1.14 bits per heavy atom. The standard InChI is InChI=1S/C19H25NO/c20-14-2-1-4-16-6-10-18(11-7-16)19-12-8-17(9-13-19)5-3-15-21/h6-13,21H,1-5,14-15,20H2. The van der Waals surface area contributed by atoms with E-state index in [-0.39, 0.29) is 6.61 Å². The van der Waals surface area contributed by atoms with Crippen molar-refractivity contribution in [2.24, 2.45) is 5.73 Å². The predicted molar refractivity (Wildman–Crippen MR) is 89.3 cm³/mol. The van der Waals surface area contributed by atoms with Crippen LogP contribution in [0, 0.1) is 0 Å². The Kier molecular flexibility index (Phi) is 6.45. The van der Waals surface area contributed by atoms with Crippen LogP contribution in [0.25, 0.3) is 11.1 Å². The molecule has 0 aliphatic rings. The van der Waals surface area contributed by atoms with E-state index in [1.807, 2.05) is 0 Å². The van der Waals surface area contributed by atoms with E-state index < -0.39 is 0 Å². The lowest BCUT2D eigenvalue weighted by atomic mass is 10.00. The van der Waals surface area contributed by atoms with Crippen LogP contribution in [0.1, 0.15) is 30.4 Å². The lowest BCUT2D eigenvalue weighted by Crippen LogP contribution is -1.98. The molecule has 3 N–H and O–H groups in total. The molecule has 0 aliphatic carbocycles. The Bertz CT molecular complexity index is 516. The van der Waals surface area contributed by atoms with Crippen LogP contribution in [0.4, 0.5) is 0 Å². The van der Waals surface area contributed by atoms with Crippen LogP contribution >= 0.6 is 0 Å². The molecule has 112 valence electrons. The summed E-state index contributed by atoms with van der Waals surface area (Å²) in [4.78, 5) is 0. The van der Waals surface area contributed by atoms with Gasteiger partial charge in [0.1, 0.15) is 0 Å². The van der Waals surface area contributed by atoms with Gasteiger partial charge in [-0.05, 0) is 60.9 Å². The summed E-state index contributed by atoms with van der Waals surface area (Å²) < 4.78 is 0. The Hall–Kier alpha value is -1.64. The highest BCUT2D eigenvalue weighted by Gasteiger charge is 1.99. The SMILES string of the molecule is NCCCCc1ccc(-c2ccc(CCCO)cc2)cc1. The summed E-state index contributed by atoms with van der Waals surface area (Å²) in [5.74, 6) is 0. The molecule has 2 aromatic rings. The van der Waals surface area contributed by atoms with Crippen molar-refractivity contribution in [3.63, 3.8) is 0 Å². The highest BCUT2D eigenvalue weighted by Crippen LogP contribution is 2.21. The molecule has 0 aromatic heterocycles. The Morgan fingerprint density at radius 1 is 0.667 bits per heavy atom. The van der Waals surface area contributed by atoms with Crippen molar-refractivity contribution in [2.75, 3.05) is 13.2 Å². The van der Waals surface area contributed by atoms with Crippen LogP contribution in [0.5, 0.6) is 0 Å². The minimum absolute atomic E-state index is 0.257. The van der Waals surface area contributed by atoms with E-state index >= 15 is 0 Å². The lowest BCUT2D eigenvalue weighted by molar-refractivity contribution is 0.288. The van der Waals surface area contributed by atoms with E-state index in [1.165, 1.54) is 22.3 Å². The summed E-state index contributed by atoms with van der Waals surface area (Å²) in [6, 6.07) is 17.4.